The summed E-state index contributed by atoms with van der Waals surface area (Å²) in [6.07, 6.45) is -5.49. The summed E-state index contributed by atoms with van der Waals surface area (Å²) in [6.45, 7) is 4.99. The van der Waals surface area contributed by atoms with Gasteiger partial charge in [0.2, 0.25) is 5.89 Å². The molecule has 0 amide bonds. The van der Waals surface area contributed by atoms with Gasteiger partial charge in [-0.1, -0.05) is 42.5 Å². The summed E-state index contributed by atoms with van der Waals surface area (Å²) < 4.78 is 92.0. The van der Waals surface area contributed by atoms with E-state index < -0.39 is 35.1 Å². The average molecular weight is 626 g/mol. The number of halogens is 6. The van der Waals surface area contributed by atoms with Crippen LogP contribution in [0.5, 0.6) is 11.5 Å². The molecule has 1 heterocycles. The number of hydrogen-bond acceptors (Lipinski definition) is 7. The van der Waals surface area contributed by atoms with E-state index in [1.54, 1.807) is 36.1 Å². The zero-order valence-corrected chi connectivity index (χ0v) is 23.9. The average Bonchev–Trinajstić information content (AvgIpc) is 3.43. The van der Waals surface area contributed by atoms with Crippen LogP contribution in [0.15, 0.2) is 76.9 Å². The van der Waals surface area contributed by atoms with Gasteiger partial charge in [-0.2, -0.15) is 18.2 Å². The van der Waals surface area contributed by atoms with Crippen LogP contribution in [0.3, 0.4) is 0 Å². The van der Waals surface area contributed by atoms with Gasteiger partial charge < -0.3 is 24.0 Å². The number of alkyl halides is 6. The minimum absolute atomic E-state index is 0.0201. The van der Waals surface area contributed by atoms with E-state index >= 15 is 0 Å². The lowest BCUT2D eigenvalue weighted by atomic mass is 9.81. The van der Waals surface area contributed by atoms with Crippen molar-refractivity contribution < 1.29 is 50.2 Å². The van der Waals surface area contributed by atoms with Crippen molar-refractivity contribution in [3.05, 3.63) is 89.3 Å². The molecule has 1 aliphatic rings. The molecule has 1 N–H and O–H groups in total. The monoisotopic (exact) mass is 625 g/mol. The van der Waals surface area contributed by atoms with E-state index in [9.17, 15) is 36.2 Å². The number of anilines is 1. The number of aliphatic carboxylic acids is 1. The van der Waals surface area contributed by atoms with E-state index in [1.807, 2.05) is 0 Å². The summed E-state index contributed by atoms with van der Waals surface area (Å²) >= 11 is 0. The van der Waals surface area contributed by atoms with Crippen LogP contribution in [-0.4, -0.2) is 45.9 Å². The Balaban J connectivity index is 1.53. The van der Waals surface area contributed by atoms with Crippen molar-refractivity contribution in [1.82, 2.24) is 10.1 Å². The second-order valence-corrected chi connectivity index (χ2v) is 10.9. The maximum absolute atomic E-state index is 13.1. The number of hydrogen-bond donors (Lipinski definition) is 1. The molecule has 1 unspecified atom stereocenters. The van der Waals surface area contributed by atoms with Gasteiger partial charge in [-0.15, -0.1) is 13.2 Å². The number of nitrogens with zero attached hydrogens (tertiary/aromatic N) is 3. The van der Waals surface area contributed by atoms with Crippen molar-refractivity contribution in [2.45, 2.75) is 63.7 Å². The van der Waals surface area contributed by atoms with Crippen LogP contribution >= 0.6 is 0 Å². The fourth-order valence-corrected chi connectivity index (χ4v) is 4.27. The van der Waals surface area contributed by atoms with E-state index in [1.165, 1.54) is 44.2 Å². The molecule has 44 heavy (non-hydrogen) atoms. The molecule has 1 aromatic heterocycles. The number of benzene rings is 2. The standard InChI is InChI=1S/C30H29F6N3O5/c1-27(2,25(40)41)42-22-8-4-19(5-9-22)14-17-39(18-20-6-10-23(11-7-20)43-30(34,35)36)26-37-24(44-38-26)28(3)15-12-21(13-16-28)29(31,32)33/h4-13,15H,14,16-18H2,1-3H3,(H,40,41). The smallest absolute Gasteiger partial charge is 0.478 e. The Morgan fingerprint density at radius 2 is 1.57 bits per heavy atom. The number of carbonyl (C=O) groups is 1. The highest BCUT2D eigenvalue weighted by molar-refractivity contribution is 5.76. The Morgan fingerprint density at radius 1 is 0.977 bits per heavy atom. The summed E-state index contributed by atoms with van der Waals surface area (Å²) in [6, 6.07) is 12.1. The fourth-order valence-electron chi connectivity index (χ4n) is 4.27. The van der Waals surface area contributed by atoms with Crippen LogP contribution in [0.4, 0.5) is 32.3 Å². The highest BCUT2D eigenvalue weighted by Crippen LogP contribution is 2.38. The Hall–Kier alpha value is -4.49. The molecule has 2 aromatic carbocycles. The van der Waals surface area contributed by atoms with Gasteiger partial charge in [-0.25, -0.2) is 4.79 Å². The van der Waals surface area contributed by atoms with Crippen molar-refractivity contribution in [2.75, 3.05) is 11.4 Å². The largest absolute Gasteiger partial charge is 0.573 e. The van der Waals surface area contributed by atoms with Gasteiger partial charge in [-0.3, -0.25) is 0 Å². The summed E-state index contributed by atoms with van der Waals surface area (Å²) in [5.74, 6) is -0.907. The van der Waals surface area contributed by atoms with E-state index in [0.717, 1.165) is 17.7 Å². The van der Waals surface area contributed by atoms with E-state index in [2.05, 4.69) is 14.9 Å². The topological polar surface area (TPSA) is 97.9 Å². The summed E-state index contributed by atoms with van der Waals surface area (Å²) in [7, 11) is 0. The number of carboxylic acids is 1. The van der Waals surface area contributed by atoms with Crippen molar-refractivity contribution >= 4 is 11.9 Å². The SMILES string of the molecule is CC(C)(Oc1ccc(CCN(Cc2ccc(OC(F)(F)F)cc2)c2noc(C3(C)C=CC(C(F)(F)F)=CC3)n2)cc1)C(=O)O. The van der Waals surface area contributed by atoms with Gasteiger partial charge in [0, 0.05) is 13.1 Å². The molecule has 0 spiro atoms. The van der Waals surface area contributed by atoms with Crippen molar-refractivity contribution in [2.24, 2.45) is 0 Å². The Kier molecular flexibility index (Phi) is 9.03. The lowest BCUT2D eigenvalue weighted by Crippen LogP contribution is -2.37. The third kappa shape index (κ3) is 8.32. The quantitative estimate of drug-likeness (QED) is 0.224. The zero-order chi connectivity index (χ0) is 32.3. The highest BCUT2D eigenvalue weighted by Gasteiger charge is 2.38. The molecular formula is C30H29F6N3O5. The van der Waals surface area contributed by atoms with E-state index in [-0.39, 0.29) is 30.6 Å². The number of rotatable bonds is 11. The van der Waals surface area contributed by atoms with E-state index in [4.69, 9.17) is 9.26 Å². The predicted molar refractivity (Wildman–Crippen MR) is 146 cm³/mol. The maximum Gasteiger partial charge on any atom is 0.573 e. The molecule has 0 aliphatic heterocycles. The zero-order valence-electron chi connectivity index (χ0n) is 23.9. The Bertz CT molecular complexity index is 1510. The van der Waals surface area contributed by atoms with E-state index in [0.29, 0.717) is 24.3 Å². The van der Waals surface area contributed by atoms with Crippen molar-refractivity contribution in [3.8, 4) is 11.5 Å². The molecule has 3 aromatic rings. The molecule has 1 aliphatic carbocycles. The normalized spacial score (nSPS) is 17.2. The van der Waals surface area contributed by atoms with Gasteiger partial charge in [0.05, 0.1) is 11.0 Å². The van der Waals surface area contributed by atoms with Crippen LogP contribution in [0.2, 0.25) is 0 Å². The third-order valence-electron chi connectivity index (χ3n) is 6.90. The number of ether oxygens (including phenoxy) is 2. The minimum Gasteiger partial charge on any atom is -0.478 e. The summed E-state index contributed by atoms with van der Waals surface area (Å²) in [5, 5.41) is 13.3. The van der Waals surface area contributed by atoms with Crippen molar-refractivity contribution in [1.29, 1.82) is 0 Å². The van der Waals surface area contributed by atoms with Gasteiger partial charge in [-0.05, 0) is 74.2 Å². The molecule has 1 atom stereocenters. The Morgan fingerprint density at radius 3 is 2.09 bits per heavy atom. The van der Waals surface area contributed by atoms with Gasteiger partial charge in [0.15, 0.2) is 5.60 Å². The second kappa shape index (κ2) is 12.2. The summed E-state index contributed by atoms with van der Waals surface area (Å²) in [5.41, 5.74) is -1.73. The lowest BCUT2D eigenvalue weighted by molar-refractivity contribution is -0.274. The van der Waals surface area contributed by atoms with Crippen molar-refractivity contribution in [3.63, 3.8) is 0 Å². The first-order chi connectivity index (χ1) is 20.4. The number of allylic oxidation sites excluding steroid dienone is 4. The van der Waals surface area contributed by atoms with Crippen LogP contribution in [0.25, 0.3) is 0 Å². The molecule has 8 nitrogen and oxygen atoms in total. The second-order valence-electron chi connectivity index (χ2n) is 10.9. The first kappa shape index (κ1) is 32.4. The molecule has 0 radical (unpaired) electrons. The number of carboxylic acid groups (broad SMARTS) is 1. The minimum atomic E-state index is -4.84. The highest BCUT2D eigenvalue weighted by atomic mass is 19.4. The molecule has 236 valence electrons. The molecule has 0 saturated heterocycles. The van der Waals surface area contributed by atoms with Crippen LogP contribution in [0, 0.1) is 0 Å². The first-order valence-corrected chi connectivity index (χ1v) is 13.4. The lowest BCUT2D eigenvalue weighted by Gasteiger charge is -2.25. The third-order valence-corrected chi connectivity index (χ3v) is 6.90. The first-order valence-electron chi connectivity index (χ1n) is 13.4. The summed E-state index contributed by atoms with van der Waals surface area (Å²) in [4.78, 5) is 17.5. The molecule has 14 heteroatoms. The Labute approximate surface area is 248 Å². The molecular weight excluding hydrogens is 596 g/mol. The molecule has 0 fully saturated rings. The van der Waals surface area contributed by atoms with Crippen LogP contribution in [0.1, 0.15) is 44.2 Å². The van der Waals surface area contributed by atoms with Gasteiger partial charge in [0.25, 0.3) is 5.95 Å². The van der Waals surface area contributed by atoms with Gasteiger partial charge in [0.1, 0.15) is 11.5 Å². The number of aromatic nitrogens is 2. The molecule has 4 rings (SSSR count). The maximum atomic E-state index is 13.1. The molecule has 0 bridgehead atoms. The van der Waals surface area contributed by atoms with Crippen LogP contribution < -0.4 is 14.4 Å². The van der Waals surface area contributed by atoms with Crippen LogP contribution in [-0.2, 0) is 23.2 Å². The molecule has 0 saturated carbocycles. The predicted octanol–water partition coefficient (Wildman–Crippen LogP) is 7.17. The van der Waals surface area contributed by atoms with Gasteiger partial charge >= 0.3 is 18.5 Å². The fraction of sp³-hybridized carbons (Fsp3) is 0.367.